The molecule has 0 unspecified atom stereocenters. The Labute approximate surface area is 120 Å². The van der Waals surface area contributed by atoms with Gasteiger partial charge in [-0.3, -0.25) is 0 Å². The molecule has 0 amide bonds. The molecule has 0 spiro atoms. The zero-order chi connectivity index (χ0) is 14.3. The van der Waals surface area contributed by atoms with Gasteiger partial charge in [0, 0.05) is 11.5 Å². The molecule has 2 aromatic carbocycles. The highest BCUT2D eigenvalue weighted by molar-refractivity contribution is 5.56. The molecule has 0 saturated heterocycles. The molecule has 104 valence electrons. The van der Waals surface area contributed by atoms with Gasteiger partial charge in [0.05, 0.1) is 13.7 Å². The number of methoxy groups -OCH3 is 1. The minimum atomic E-state index is 0.305. The van der Waals surface area contributed by atoms with Crippen LogP contribution >= 0.6 is 0 Å². The van der Waals surface area contributed by atoms with E-state index in [2.05, 4.69) is 39.0 Å². The van der Waals surface area contributed by atoms with Gasteiger partial charge in [0.25, 0.3) is 0 Å². The first-order valence-corrected chi connectivity index (χ1v) is 6.99. The first kappa shape index (κ1) is 13.0. The lowest BCUT2D eigenvalue weighted by atomic mass is 9.88. The van der Waals surface area contributed by atoms with Gasteiger partial charge in [-0.2, -0.15) is 0 Å². The van der Waals surface area contributed by atoms with Crippen LogP contribution in [0.3, 0.4) is 0 Å². The molecule has 2 aromatic rings. The Kier molecular flexibility index (Phi) is 3.17. The van der Waals surface area contributed by atoms with Crippen molar-refractivity contribution in [2.24, 2.45) is 0 Å². The van der Waals surface area contributed by atoms with Gasteiger partial charge in [-0.1, -0.05) is 18.2 Å². The lowest BCUT2D eigenvalue weighted by Gasteiger charge is -2.14. The van der Waals surface area contributed by atoms with Crippen LogP contribution in [0.1, 0.15) is 33.7 Å². The Balaban J connectivity index is 2.11. The van der Waals surface area contributed by atoms with Crippen LogP contribution in [0.15, 0.2) is 30.3 Å². The topological polar surface area (TPSA) is 18.5 Å². The van der Waals surface area contributed by atoms with Crippen molar-refractivity contribution in [3.8, 4) is 11.5 Å². The summed E-state index contributed by atoms with van der Waals surface area (Å²) in [4.78, 5) is 0. The third-order valence-corrected chi connectivity index (χ3v) is 4.27. The first-order chi connectivity index (χ1) is 9.61. The second-order valence-corrected chi connectivity index (χ2v) is 5.52. The molecule has 1 aliphatic heterocycles. The molecule has 2 heteroatoms. The summed E-state index contributed by atoms with van der Waals surface area (Å²) in [5.41, 5.74) is 6.47. The summed E-state index contributed by atoms with van der Waals surface area (Å²) in [7, 11) is 1.71. The highest BCUT2D eigenvalue weighted by atomic mass is 16.5. The summed E-state index contributed by atoms with van der Waals surface area (Å²) in [6, 6.07) is 10.5. The molecule has 0 fully saturated rings. The van der Waals surface area contributed by atoms with E-state index in [0.29, 0.717) is 12.5 Å². The van der Waals surface area contributed by atoms with Crippen molar-refractivity contribution in [1.82, 2.24) is 0 Å². The van der Waals surface area contributed by atoms with E-state index >= 15 is 0 Å². The fraction of sp³-hybridized carbons (Fsp3) is 0.333. The summed E-state index contributed by atoms with van der Waals surface area (Å²) < 4.78 is 11.3. The van der Waals surface area contributed by atoms with Crippen molar-refractivity contribution < 1.29 is 9.47 Å². The van der Waals surface area contributed by atoms with Gasteiger partial charge in [-0.05, 0) is 55.2 Å². The van der Waals surface area contributed by atoms with Gasteiger partial charge in [0.2, 0.25) is 0 Å². The summed E-state index contributed by atoms with van der Waals surface area (Å²) in [5, 5.41) is 0. The summed E-state index contributed by atoms with van der Waals surface area (Å²) in [6.45, 7) is 7.17. The molecular weight excluding hydrogens is 248 g/mol. The van der Waals surface area contributed by atoms with Gasteiger partial charge in [-0.25, -0.2) is 0 Å². The second kappa shape index (κ2) is 4.86. The number of hydrogen-bond donors (Lipinski definition) is 0. The third kappa shape index (κ3) is 1.96. The molecule has 20 heavy (non-hydrogen) atoms. The molecule has 0 aliphatic carbocycles. The van der Waals surface area contributed by atoms with Gasteiger partial charge in [-0.15, -0.1) is 0 Å². The minimum Gasteiger partial charge on any atom is -0.497 e. The van der Waals surface area contributed by atoms with Crippen LogP contribution in [0.2, 0.25) is 0 Å². The Bertz CT molecular complexity index is 659. The molecule has 1 aliphatic rings. The number of aryl methyl sites for hydroxylation is 2. The molecule has 1 heterocycles. The molecule has 3 rings (SSSR count). The maximum Gasteiger partial charge on any atom is 0.126 e. The lowest BCUT2D eigenvalue weighted by Crippen LogP contribution is -2.03. The Hall–Kier alpha value is -1.96. The Morgan fingerprint density at radius 2 is 1.90 bits per heavy atom. The third-order valence-electron chi connectivity index (χ3n) is 4.27. The number of ether oxygens (including phenoxy) is 2. The average Bonchev–Trinajstić information content (AvgIpc) is 2.90. The minimum absolute atomic E-state index is 0.305. The number of hydrogen-bond acceptors (Lipinski definition) is 2. The van der Waals surface area contributed by atoms with Gasteiger partial charge >= 0.3 is 0 Å². The van der Waals surface area contributed by atoms with Crippen LogP contribution < -0.4 is 9.47 Å². The average molecular weight is 268 g/mol. The van der Waals surface area contributed by atoms with E-state index in [1.54, 1.807) is 7.11 Å². The van der Waals surface area contributed by atoms with Crippen LogP contribution in [0.5, 0.6) is 11.5 Å². The van der Waals surface area contributed by atoms with Crippen LogP contribution in [0.25, 0.3) is 0 Å². The first-order valence-electron chi connectivity index (χ1n) is 6.99. The van der Waals surface area contributed by atoms with Gasteiger partial charge in [0.1, 0.15) is 11.5 Å². The lowest BCUT2D eigenvalue weighted by molar-refractivity contribution is 0.340. The van der Waals surface area contributed by atoms with E-state index in [4.69, 9.17) is 9.47 Å². The van der Waals surface area contributed by atoms with E-state index in [1.807, 2.05) is 12.1 Å². The zero-order valence-corrected chi connectivity index (χ0v) is 12.5. The standard InChI is InChI=1S/C18H20O2/c1-11-8-12(2)17-16(10-20-18(17)13(11)3)14-6-5-7-15(9-14)19-4/h5-9,16H,10H2,1-4H3/t16-/m0/s1. The SMILES string of the molecule is COc1cccc([C@@H]2COc3c(C)c(C)cc(C)c32)c1. The number of benzene rings is 2. The number of rotatable bonds is 2. The van der Waals surface area contributed by atoms with Crippen molar-refractivity contribution in [1.29, 1.82) is 0 Å². The highest BCUT2D eigenvalue weighted by Gasteiger charge is 2.29. The quantitative estimate of drug-likeness (QED) is 0.814. The molecule has 0 saturated carbocycles. The van der Waals surface area contributed by atoms with E-state index < -0.39 is 0 Å². The van der Waals surface area contributed by atoms with Crippen LogP contribution in [0, 0.1) is 20.8 Å². The molecule has 0 bridgehead atoms. The van der Waals surface area contributed by atoms with E-state index in [-0.39, 0.29) is 0 Å². The summed E-state index contributed by atoms with van der Waals surface area (Å²) >= 11 is 0. The maximum absolute atomic E-state index is 5.99. The Morgan fingerprint density at radius 1 is 1.10 bits per heavy atom. The normalized spacial score (nSPS) is 16.7. The van der Waals surface area contributed by atoms with E-state index in [0.717, 1.165) is 11.5 Å². The molecular formula is C18H20O2. The largest absolute Gasteiger partial charge is 0.497 e. The molecule has 0 radical (unpaired) electrons. The highest BCUT2D eigenvalue weighted by Crippen LogP contribution is 2.43. The summed E-state index contributed by atoms with van der Waals surface area (Å²) in [6.07, 6.45) is 0. The molecule has 0 aromatic heterocycles. The van der Waals surface area contributed by atoms with Crippen molar-refractivity contribution in [2.75, 3.05) is 13.7 Å². The monoisotopic (exact) mass is 268 g/mol. The van der Waals surface area contributed by atoms with Gasteiger partial charge in [0.15, 0.2) is 0 Å². The van der Waals surface area contributed by atoms with Crippen LogP contribution in [-0.4, -0.2) is 13.7 Å². The Morgan fingerprint density at radius 3 is 2.65 bits per heavy atom. The molecule has 0 N–H and O–H groups in total. The predicted octanol–water partition coefficient (Wildman–Crippen LogP) is 4.14. The van der Waals surface area contributed by atoms with Crippen LogP contribution in [-0.2, 0) is 0 Å². The van der Waals surface area contributed by atoms with Crippen LogP contribution in [0.4, 0.5) is 0 Å². The fourth-order valence-electron chi connectivity index (χ4n) is 3.06. The van der Waals surface area contributed by atoms with Gasteiger partial charge < -0.3 is 9.47 Å². The smallest absolute Gasteiger partial charge is 0.126 e. The molecule has 2 nitrogen and oxygen atoms in total. The predicted molar refractivity (Wildman–Crippen MR) is 81.0 cm³/mol. The van der Waals surface area contributed by atoms with E-state index in [9.17, 15) is 0 Å². The van der Waals surface area contributed by atoms with E-state index in [1.165, 1.54) is 27.8 Å². The maximum atomic E-state index is 5.99. The second-order valence-electron chi connectivity index (χ2n) is 5.52. The van der Waals surface area contributed by atoms with Crippen molar-refractivity contribution in [3.63, 3.8) is 0 Å². The number of fused-ring (bicyclic) bond motifs is 1. The fourth-order valence-corrected chi connectivity index (χ4v) is 3.06. The molecule has 1 atom stereocenters. The summed E-state index contributed by atoms with van der Waals surface area (Å²) in [5.74, 6) is 2.28. The van der Waals surface area contributed by atoms with Crippen molar-refractivity contribution in [2.45, 2.75) is 26.7 Å². The van der Waals surface area contributed by atoms with Crippen molar-refractivity contribution in [3.05, 3.63) is 58.1 Å². The zero-order valence-electron chi connectivity index (χ0n) is 12.5. The van der Waals surface area contributed by atoms with Crippen molar-refractivity contribution >= 4 is 0 Å².